The Hall–Kier alpha value is -3.14. The number of sulfonamides is 1. The van der Waals surface area contributed by atoms with Crippen molar-refractivity contribution in [2.45, 2.75) is 50.7 Å². The van der Waals surface area contributed by atoms with Crippen LogP contribution in [0.15, 0.2) is 77.7 Å². The number of hydrogen-bond acceptors (Lipinski definition) is 4. The van der Waals surface area contributed by atoms with Crippen molar-refractivity contribution in [3.8, 4) is 0 Å². The zero-order chi connectivity index (χ0) is 28.7. The summed E-state index contributed by atoms with van der Waals surface area (Å²) >= 11 is 12.6. The van der Waals surface area contributed by atoms with Gasteiger partial charge in [0.05, 0.1) is 20.6 Å². The van der Waals surface area contributed by atoms with Gasteiger partial charge in [0.1, 0.15) is 18.4 Å². The first-order valence-electron chi connectivity index (χ1n) is 12.3. The van der Waals surface area contributed by atoms with Crippen LogP contribution in [0.1, 0.15) is 32.8 Å². The van der Waals surface area contributed by atoms with Crippen molar-refractivity contribution in [3.05, 3.63) is 94.2 Å². The van der Waals surface area contributed by atoms with E-state index in [0.717, 1.165) is 4.31 Å². The smallest absolute Gasteiger partial charge is 0.264 e. The largest absolute Gasteiger partial charge is 0.352 e. The third-order valence-electron chi connectivity index (χ3n) is 6.24. The van der Waals surface area contributed by atoms with E-state index < -0.39 is 40.2 Å². The monoisotopic (exact) mass is 593 g/mol. The molecule has 0 fully saturated rings. The Kier molecular flexibility index (Phi) is 10.4. The molecule has 0 aliphatic heterocycles. The Balaban J connectivity index is 2.05. The average Bonchev–Trinajstić information content (AvgIpc) is 2.92. The summed E-state index contributed by atoms with van der Waals surface area (Å²) in [5.41, 5.74) is 0.575. The number of carbonyl (C=O) groups excluding carboxylic acids is 2. The Morgan fingerprint density at radius 3 is 2.21 bits per heavy atom. The second kappa shape index (κ2) is 13.3. The van der Waals surface area contributed by atoms with Crippen LogP contribution in [0.5, 0.6) is 0 Å². The van der Waals surface area contributed by atoms with E-state index in [9.17, 15) is 22.4 Å². The lowest BCUT2D eigenvalue weighted by atomic mass is 10.1. The minimum absolute atomic E-state index is 0.0137. The third kappa shape index (κ3) is 7.50. The fraction of sp³-hybridized carbons (Fsp3) is 0.286. The van der Waals surface area contributed by atoms with Crippen molar-refractivity contribution in [2.75, 3.05) is 10.8 Å². The molecule has 0 radical (unpaired) electrons. The van der Waals surface area contributed by atoms with Crippen LogP contribution < -0.4 is 9.62 Å². The number of rotatable bonds is 11. The van der Waals surface area contributed by atoms with Crippen LogP contribution in [0.2, 0.25) is 10.0 Å². The highest BCUT2D eigenvalue weighted by Crippen LogP contribution is 2.35. The van der Waals surface area contributed by atoms with Crippen molar-refractivity contribution in [3.63, 3.8) is 0 Å². The predicted octanol–water partition coefficient (Wildman–Crippen LogP) is 5.66. The summed E-state index contributed by atoms with van der Waals surface area (Å²) < 4.78 is 42.0. The summed E-state index contributed by atoms with van der Waals surface area (Å²) in [4.78, 5) is 28.1. The van der Waals surface area contributed by atoms with Crippen LogP contribution >= 0.6 is 23.2 Å². The molecule has 3 aromatic carbocycles. The first kappa shape index (κ1) is 30.4. The van der Waals surface area contributed by atoms with E-state index in [4.69, 9.17) is 23.2 Å². The molecule has 0 saturated heterocycles. The van der Waals surface area contributed by atoms with Crippen LogP contribution in [0.4, 0.5) is 10.1 Å². The van der Waals surface area contributed by atoms with Gasteiger partial charge in [-0.05, 0) is 62.2 Å². The highest BCUT2D eigenvalue weighted by Gasteiger charge is 2.33. The van der Waals surface area contributed by atoms with Crippen LogP contribution in [-0.4, -0.2) is 43.8 Å². The maximum atomic E-state index is 13.9. The van der Waals surface area contributed by atoms with Gasteiger partial charge in [0.2, 0.25) is 11.8 Å². The molecule has 7 nitrogen and oxygen atoms in total. The van der Waals surface area contributed by atoms with E-state index in [1.165, 1.54) is 59.5 Å². The number of nitrogens with one attached hydrogen (secondary N) is 1. The molecule has 0 bridgehead atoms. The molecule has 39 heavy (non-hydrogen) atoms. The first-order chi connectivity index (χ1) is 18.4. The van der Waals surface area contributed by atoms with Crippen molar-refractivity contribution >= 4 is 50.7 Å². The van der Waals surface area contributed by atoms with Crippen LogP contribution in [-0.2, 0) is 26.2 Å². The van der Waals surface area contributed by atoms with E-state index in [0.29, 0.717) is 12.0 Å². The van der Waals surface area contributed by atoms with E-state index in [1.807, 2.05) is 13.8 Å². The number of nitrogens with zero attached hydrogens (tertiary/aromatic N) is 2. The van der Waals surface area contributed by atoms with Crippen molar-refractivity contribution < 1.29 is 22.4 Å². The molecule has 2 atom stereocenters. The number of benzene rings is 3. The zero-order valence-corrected chi connectivity index (χ0v) is 24.1. The van der Waals surface area contributed by atoms with Gasteiger partial charge in [0, 0.05) is 12.6 Å². The summed E-state index contributed by atoms with van der Waals surface area (Å²) in [6, 6.07) is 16.5. The maximum absolute atomic E-state index is 13.9. The number of hydrogen-bond donors (Lipinski definition) is 1. The fourth-order valence-corrected chi connectivity index (χ4v) is 5.65. The lowest BCUT2D eigenvalue weighted by Gasteiger charge is -2.32. The van der Waals surface area contributed by atoms with E-state index in [2.05, 4.69) is 5.32 Å². The molecule has 1 N–H and O–H groups in total. The third-order valence-corrected chi connectivity index (χ3v) is 8.83. The standard InChI is InChI=1S/C28H30Cl2FN3O4S/c1-4-19(2)32-28(36)20(3)33(17-21-13-15-22(31)16-14-21)26(35)18-34(25-12-8-11-24(29)27(25)30)39(37,38)23-9-6-5-7-10-23/h5-16,19-20H,4,17-18H2,1-3H3,(H,32,36)/t19-,20-/m0/s1. The molecule has 0 spiro atoms. The quantitative estimate of drug-likeness (QED) is 0.311. The van der Waals surface area contributed by atoms with Crippen molar-refractivity contribution in [1.29, 1.82) is 0 Å². The predicted molar refractivity (Wildman–Crippen MR) is 152 cm³/mol. The average molecular weight is 595 g/mol. The molecule has 0 heterocycles. The molecule has 3 aromatic rings. The van der Waals surface area contributed by atoms with Gasteiger partial charge in [-0.15, -0.1) is 0 Å². The summed E-state index contributed by atoms with van der Waals surface area (Å²) in [6.45, 7) is 4.59. The van der Waals surface area contributed by atoms with Gasteiger partial charge >= 0.3 is 0 Å². The minimum atomic E-state index is -4.28. The number of halogens is 3. The lowest BCUT2D eigenvalue weighted by Crippen LogP contribution is -2.52. The van der Waals surface area contributed by atoms with Gasteiger partial charge in [-0.25, -0.2) is 12.8 Å². The van der Waals surface area contributed by atoms with Crippen molar-refractivity contribution in [2.24, 2.45) is 0 Å². The molecule has 2 amide bonds. The van der Waals surface area contributed by atoms with Crippen LogP contribution in [0.25, 0.3) is 0 Å². The number of anilines is 1. The zero-order valence-electron chi connectivity index (χ0n) is 21.8. The minimum Gasteiger partial charge on any atom is -0.352 e. The summed E-state index contributed by atoms with van der Waals surface area (Å²) in [5, 5.41) is 2.92. The van der Waals surface area contributed by atoms with Crippen LogP contribution in [0, 0.1) is 5.82 Å². The molecule has 3 rings (SSSR count). The molecule has 0 unspecified atom stereocenters. The van der Waals surface area contributed by atoms with Gasteiger partial charge in [-0.2, -0.15) is 0 Å². The molecule has 0 aliphatic carbocycles. The van der Waals surface area contributed by atoms with Gasteiger partial charge in [-0.3, -0.25) is 13.9 Å². The van der Waals surface area contributed by atoms with E-state index in [1.54, 1.807) is 25.1 Å². The Morgan fingerprint density at radius 2 is 1.59 bits per heavy atom. The van der Waals surface area contributed by atoms with Gasteiger partial charge < -0.3 is 10.2 Å². The second-order valence-electron chi connectivity index (χ2n) is 9.04. The molecule has 0 aliphatic rings. The maximum Gasteiger partial charge on any atom is 0.264 e. The normalized spacial score (nSPS) is 12.9. The molecule has 0 aromatic heterocycles. The summed E-state index contributed by atoms with van der Waals surface area (Å²) in [5.74, 6) is -1.52. The van der Waals surface area contributed by atoms with Gasteiger partial charge in [0.15, 0.2) is 0 Å². The fourth-order valence-electron chi connectivity index (χ4n) is 3.75. The van der Waals surface area contributed by atoms with E-state index in [-0.39, 0.29) is 33.2 Å². The molecular formula is C28H30Cl2FN3O4S. The van der Waals surface area contributed by atoms with Gasteiger partial charge in [-0.1, -0.05) is 66.5 Å². The highest BCUT2D eigenvalue weighted by molar-refractivity contribution is 7.92. The Bertz CT molecular complexity index is 1410. The SMILES string of the molecule is CC[C@H](C)NC(=O)[C@H](C)N(Cc1ccc(F)cc1)C(=O)CN(c1cccc(Cl)c1Cl)S(=O)(=O)c1ccccc1. The second-order valence-corrected chi connectivity index (χ2v) is 11.7. The summed E-state index contributed by atoms with van der Waals surface area (Å²) in [7, 11) is -4.28. The topological polar surface area (TPSA) is 86.8 Å². The highest BCUT2D eigenvalue weighted by atomic mass is 35.5. The van der Waals surface area contributed by atoms with Crippen molar-refractivity contribution in [1.82, 2.24) is 10.2 Å². The van der Waals surface area contributed by atoms with Crippen LogP contribution in [0.3, 0.4) is 0 Å². The molecule has 208 valence electrons. The van der Waals surface area contributed by atoms with E-state index >= 15 is 0 Å². The summed E-state index contributed by atoms with van der Waals surface area (Å²) in [6.07, 6.45) is 0.681. The Morgan fingerprint density at radius 1 is 0.949 bits per heavy atom. The molecular weight excluding hydrogens is 564 g/mol. The molecule has 0 saturated carbocycles. The van der Waals surface area contributed by atoms with Gasteiger partial charge in [0.25, 0.3) is 10.0 Å². The first-order valence-corrected chi connectivity index (χ1v) is 14.5. The Labute approximate surface area is 238 Å². The molecule has 11 heteroatoms. The number of amides is 2. The lowest BCUT2D eigenvalue weighted by molar-refractivity contribution is -0.139. The number of carbonyl (C=O) groups is 2.